The second kappa shape index (κ2) is 7.17. The van der Waals surface area contributed by atoms with Crippen LogP contribution in [0, 0.1) is 24.2 Å². The number of hydrogen-bond donors (Lipinski definition) is 0. The molecule has 0 aliphatic heterocycles. The third-order valence-corrected chi connectivity index (χ3v) is 6.84. The first kappa shape index (κ1) is 19.7. The zero-order valence-corrected chi connectivity index (χ0v) is 17.1. The lowest BCUT2D eigenvalue weighted by Crippen LogP contribution is -2.56. The van der Waals surface area contributed by atoms with Crippen LogP contribution in [-0.4, -0.2) is 24.1 Å². The van der Waals surface area contributed by atoms with Gasteiger partial charge in [-0.3, -0.25) is 4.79 Å². The van der Waals surface area contributed by atoms with E-state index in [4.69, 9.17) is 13.9 Å². The summed E-state index contributed by atoms with van der Waals surface area (Å²) in [5.41, 5.74) is 2.97. The minimum atomic E-state index is -0.452. The van der Waals surface area contributed by atoms with Crippen LogP contribution in [0.3, 0.4) is 0 Å². The van der Waals surface area contributed by atoms with Crippen molar-refractivity contribution in [3.05, 3.63) is 34.8 Å². The second-order valence-electron chi connectivity index (χ2n) is 8.42. The molecule has 0 amide bonds. The van der Waals surface area contributed by atoms with Gasteiger partial charge in [-0.1, -0.05) is 19.9 Å². The van der Waals surface area contributed by atoms with E-state index < -0.39 is 12.2 Å². The fourth-order valence-corrected chi connectivity index (χ4v) is 4.75. The first-order chi connectivity index (χ1) is 12.7. The quantitative estimate of drug-likeness (QED) is 0.587. The fraction of sp³-hybridized carbons (Fsp3) is 0.636. The molecule has 1 fully saturated rings. The molecule has 0 aromatic carbocycles. The van der Waals surface area contributed by atoms with Crippen LogP contribution >= 0.6 is 0 Å². The number of carbonyl (C=O) groups excluding carboxylic acids is 2. The standard InChI is InChI=1S/C22H30O5/c1-7-12(2)21(24)27-20-14(4)22(6)10-17-13(3)11-25-18(17)8-16(22)9-19(20)26-15(5)23/h7,11,14,16,19-20H,8-10H2,1-6H3/b12-7-/t14-,16-,19-,20+,22+/m0/s1. The SMILES string of the molecule is C/C=C(/C)C(=O)O[C@H]1[C@@H](OC(C)=O)C[C@@H]2Cc3occ(C)c3C[C@]2(C)[C@H]1C. The Balaban J connectivity index is 1.94. The average Bonchev–Trinajstić information content (AvgIpc) is 2.96. The highest BCUT2D eigenvalue weighted by atomic mass is 16.6. The molecule has 0 saturated heterocycles. The van der Waals surface area contributed by atoms with E-state index in [0.29, 0.717) is 17.9 Å². The highest BCUT2D eigenvalue weighted by Gasteiger charge is 2.55. The van der Waals surface area contributed by atoms with E-state index in [1.807, 2.05) is 13.2 Å². The van der Waals surface area contributed by atoms with Crippen molar-refractivity contribution in [2.45, 2.75) is 73.0 Å². The van der Waals surface area contributed by atoms with Crippen molar-refractivity contribution in [2.24, 2.45) is 17.3 Å². The molecule has 1 aromatic heterocycles. The van der Waals surface area contributed by atoms with Gasteiger partial charge in [0.25, 0.3) is 0 Å². The predicted octanol–water partition coefficient (Wildman–Crippen LogP) is 4.16. The molecular formula is C22H30O5. The van der Waals surface area contributed by atoms with E-state index in [1.54, 1.807) is 13.0 Å². The van der Waals surface area contributed by atoms with Gasteiger partial charge >= 0.3 is 11.9 Å². The van der Waals surface area contributed by atoms with Gasteiger partial charge in [-0.25, -0.2) is 4.79 Å². The summed E-state index contributed by atoms with van der Waals surface area (Å²) < 4.78 is 17.3. The first-order valence-corrected chi connectivity index (χ1v) is 9.74. The Morgan fingerprint density at radius 1 is 1.30 bits per heavy atom. The molecule has 0 unspecified atom stereocenters. The van der Waals surface area contributed by atoms with E-state index in [1.165, 1.54) is 18.1 Å². The smallest absolute Gasteiger partial charge is 0.333 e. The Kier molecular flexibility index (Phi) is 5.24. The summed E-state index contributed by atoms with van der Waals surface area (Å²) in [5, 5.41) is 0. The van der Waals surface area contributed by atoms with E-state index in [0.717, 1.165) is 18.6 Å². The molecular weight excluding hydrogens is 344 g/mol. The molecule has 0 radical (unpaired) electrons. The Bertz CT molecular complexity index is 774. The molecule has 5 nitrogen and oxygen atoms in total. The van der Waals surface area contributed by atoms with Gasteiger partial charge in [0.05, 0.1) is 6.26 Å². The summed E-state index contributed by atoms with van der Waals surface area (Å²) in [5.74, 6) is 0.725. The number of esters is 2. The number of aryl methyl sites for hydroxylation is 1. The Morgan fingerprint density at radius 2 is 2.00 bits per heavy atom. The van der Waals surface area contributed by atoms with Gasteiger partial charge in [-0.15, -0.1) is 0 Å². The molecule has 5 atom stereocenters. The van der Waals surface area contributed by atoms with Gasteiger partial charge in [0.1, 0.15) is 18.0 Å². The van der Waals surface area contributed by atoms with Crippen molar-refractivity contribution in [1.29, 1.82) is 0 Å². The van der Waals surface area contributed by atoms with Gasteiger partial charge in [0.15, 0.2) is 0 Å². The lowest BCUT2D eigenvalue weighted by Gasteiger charge is -2.53. The molecule has 0 N–H and O–H groups in total. The molecule has 1 aromatic rings. The first-order valence-electron chi connectivity index (χ1n) is 9.74. The normalized spacial score (nSPS) is 33.0. The predicted molar refractivity (Wildman–Crippen MR) is 101 cm³/mol. The minimum Gasteiger partial charge on any atom is -0.469 e. The van der Waals surface area contributed by atoms with Crippen molar-refractivity contribution in [1.82, 2.24) is 0 Å². The monoisotopic (exact) mass is 374 g/mol. The summed E-state index contributed by atoms with van der Waals surface area (Å²) in [6.45, 7) is 11.4. The summed E-state index contributed by atoms with van der Waals surface area (Å²) in [7, 11) is 0. The third kappa shape index (κ3) is 3.44. The third-order valence-electron chi connectivity index (χ3n) is 6.84. The summed E-state index contributed by atoms with van der Waals surface area (Å²) in [6, 6.07) is 0. The van der Waals surface area contributed by atoms with Crippen LogP contribution in [0.25, 0.3) is 0 Å². The molecule has 2 aliphatic rings. The van der Waals surface area contributed by atoms with E-state index >= 15 is 0 Å². The number of fused-ring (bicyclic) bond motifs is 2. The van der Waals surface area contributed by atoms with Crippen LogP contribution in [-0.2, 0) is 31.9 Å². The van der Waals surface area contributed by atoms with Gasteiger partial charge in [-0.05, 0) is 56.1 Å². The lowest BCUT2D eigenvalue weighted by atomic mass is 9.54. The molecule has 0 spiro atoms. The number of allylic oxidation sites excluding steroid dienone is 1. The summed E-state index contributed by atoms with van der Waals surface area (Å²) >= 11 is 0. The number of rotatable bonds is 3. The van der Waals surface area contributed by atoms with Crippen molar-refractivity contribution < 1.29 is 23.5 Å². The molecule has 3 rings (SSSR count). The largest absolute Gasteiger partial charge is 0.469 e. The van der Waals surface area contributed by atoms with Gasteiger partial charge in [-0.2, -0.15) is 0 Å². The molecule has 2 aliphatic carbocycles. The summed E-state index contributed by atoms with van der Waals surface area (Å²) in [4.78, 5) is 24.1. The molecule has 0 bridgehead atoms. The highest BCUT2D eigenvalue weighted by Crippen LogP contribution is 2.54. The number of furan rings is 1. The summed E-state index contributed by atoms with van der Waals surface area (Å²) in [6.07, 6.45) is 5.08. The number of hydrogen-bond acceptors (Lipinski definition) is 5. The van der Waals surface area contributed by atoms with Gasteiger partial charge in [0.2, 0.25) is 0 Å². The van der Waals surface area contributed by atoms with Crippen molar-refractivity contribution in [3.63, 3.8) is 0 Å². The maximum absolute atomic E-state index is 12.4. The minimum absolute atomic E-state index is 0.0485. The van der Waals surface area contributed by atoms with Gasteiger partial charge in [0, 0.05) is 24.8 Å². The van der Waals surface area contributed by atoms with Crippen LogP contribution in [0.5, 0.6) is 0 Å². The molecule has 27 heavy (non-hydrogen) atoms. The molecule has 5 heteroatoms. The Labute approximate surface area is 161 Å². The van der Waals surface area contributed by atoms with E-state index in [-0.39, 0.29) is 23.3 Å². The lowest BCUT2D eigenvalue weighted by molar-refractivity contribution is -0.189. The average molecular weight is 374 g/mol. The van der Waals surface area contributed by atoms with Crippen LogP contribution in [0.1, 0.15) is 57.9 Å². The van der Waals surface area contributed by atoms with E-state index in [9.17, 15) is 9.59 Å². The highest BCUT2D eigenvalue weighted by molar-refractivity contribution is 5.87. The zero-order chi connectivity index (χ0) is 19.9. The maximum atomic E-state index is 12.4. The van der Waals surface area contributed by atoms with Gasteiger partial charge < -0.3 is 13.9 Å². The molecule has 1 heterocycles. The maximum Gasteiger partial charge on any atom is 0.333 e. The van der Waals surface area contributed by atoms with E-state index in [2.05, 4.69) is 20.8 Å². The molecule has 148 valence electrons. The molecule has 1 saturated carbocycles. The van der Waals surface area contributed by atoms with Crippen molar-refractivity contribution in [2.75, 3.05) is 0 Å². The topological polar surface area (TPSA) is 65.7 Å². The Hall–Kier alpha value is -2.04. The Morgan fingerprint density at radius 3 is 2.63 bits per heavy atom. The van der Waals surface area contributed by atoms with Crippen molar-refractivity contribution >= 4 is 11.9 Å². The van der Waals surface area contributed by atoms with Crippen LogP contribution < -0.4 is 0 Å². The zero-order valence-electron chi connectivity index (χ0n) is 17.1. The van der Waals surface area contributed by atoms with Crippen LogP contribution in [0.4, 0.5) is 0 Å². The number of carbonyl (C=O) groups is 2. The van der Waals surface area contributed by atoms with Crippen molar-refractivity contribution in [3.8, 4) is 0 Å². The van der Waals surface area contributed by atoms with Crippen LogP contribution in [0.15, 0.2) is 22.3 Å². The van der Waals surface area contributed by atoms with Crippen LogP contribution in [0.2, 0.25) is 0 Å². The number of ether oxygens (including phenoxy) is 2. The fourth-order valence-electron chi connectivity index (χ4n) is 4.75. The second-order valence-corrected chi connectivity index (χ2v) is 8.42.